The van der Waals surface area contributed by atoms with E-state index in [1.807, 2.05) is 42.0 Å². The van der Waals surface area contributed by atoms with E-state index in [9.17, 15) is 9.59 Å². The summed E-state index contributed by atoms with van der Waals surface area (Å²) in [5.41, 5.74) is 2.27. The highest BCUT2D eigenvalue weighted by molar-refractivity contribution is 5.89. The highest BCUT2D eigenvalue weighted by Crippen LogP contribution is 2.33. The number of para-hydroxylation sites is 1. The summed E-state index contributed by atoms with van der Waals surface area (Å²) in [6, 6.07) is 10.9. The lowest BCUT2D eigenvalue weighted by molar-refractivity contribution is -0.109. The number of benzene rings is 1. The van der Waals surface area contributed by atoms with Crippen molar-refractivity contribution in [2.24, 2.45) is 0 Å². The number of aromatic nitrogens is 1. The molecule has 33 heavy (non-hydrogen) atoms. The number of pyridine rings is 1. The molecule has 3 heterocycles. The second-order valence-corrected chi connectivity index (χ2v) is 7.95. The Morgan fingerprint density at radius 3 is 2.73 bits per heavy atom. The van der Waals surface area contributed by atoms with E-state index in [2.05, 4.69) is 0 Å². The number of amides is 1. The van der Waals surface area contributed by atoms with Gasteiger partial charge in [0.05, 0.1) is 6.04 Å². The van der Waals surface area contributed by atoms with Gasteiger partial charge in [0, 0.05) is 27.3 Å². The molecular weight excluding hydrogens is 426 g/mol. The number of methoxy groups -OCH3 is 2. The standard InChI is InChI=1S/C24H27N3O6/c1-16-15-32-20(14-28)27(16)13-18-12-17-8-7-11-26(22(17)25-21(18)23(30-2)31-3)24(29)33-19-9-5-4-6-10-19/h4-6,9-10,12,16,23H,7-8,11,13,15H2,1-3H3/t16-/m0/s1. The lowest BCUT2D eigenvalue weighted by Gasteiger charge is -2.30. The van der Waals surface area contributed by atoms with Crippen molar-refractivity contribution in [1.82, 2.24) is 9.88 Å². The van der Waals surface area contributed by atoms with Crippen molar-refractivity contribution in [3.8, 4) is 5.75 Å². The first-order valence-corrected chi connectivity index (χ1v) is 10.8. The molecule has 9 heteroatoms. The molecule has 0 N–H and O–H groups in total. The maximum Gasteiger partial charge on any atom is 0.420 e. The van der Waals surface area contributed by atoms with Gasteiger partial charge in [0.1, 0.15) is 23.9 Å². The molecule has 2 aromatic rings. The van der Waals surface area contributed by atoms with E-state index >= 15 is 0 Å². The van der Waals surface area contributed by atoms with Crippen LogP contribution in [-0.4, -0.2) is 55.3 Å². The first-order valence-electron chi connectivity index (χ1n) is 10.8. The van der Waals surface area contributed by atoms with Crippen LogP contribution in [0.5, 0.6) is 5.75 Å². The average Bonchev–Trinajstić information content (AvgIpc) is 3.19. The fourth-order valence-electron chi connectivity index (χ4n) is 4.10. The van der Waals surface area contributed by atoms with Crippen LogP contribution in [-0.2, 0) is 32.0 Å². The third-order valence-electron chi connectivity index (χ3n) is 5.78. The second kappa shape index (κ2) is 10.0. The smallest absolute Gasteiger partial charge is 0.420 e. The lowest BCUT2D eigenvalue weighted by Crippen LogP contribution is -2.39. The predicted molar refractivity (Wildman–Crippen MR) is 119 cm³/mol. The molecule has 0 radical (unpaired) electrons. The van der Waals surface area contributed by atoms with E-state index in [-0.39, 0.29) is 11.9 Å². The van der Waals surface area contributed by atoms with Gasteiger partial charge in [-0.05, 0) is 49.1 Å². The van der Waals surface area contributed by atoms with Gasteiger partial charge in [-0.25, -0.2) is 14.6 Å². The maximum absolute atomic E-state index is 13.0. The largest absolute Gasteiger partial charge is 0.469 e. The number of ether oxygens (including phenoxy) is 4. The van der Waals surface area contributed by atoms with Crippen LogP contribution in [0.15, 0.2) is 42.3 Å². The number of nitrogens with zero attached hydrogens (tertiary/aromatic N) is 3. The third-order valence-corrected chi connectivity index (χ3v) is 5.78. The Labute approximate surface area is 192 Å². The van der Waals surface area contributed by atoms with Crippen molar-refractivity contribution in [2.75, 3.05) is 32.3 Å². The van der Waals surface area contributed by atoms with Crippen molar-refractivity contribution >= 4 is 17.9 Å². The van der Waals surface area contributed by atoms with Crippen LogP contribution in [0.1, 0.15) is 36.5 Å². The molecule has 1 amide bonds. The van der Waals surface area contributed by atoms with Gasteiger partial charge in [-0.15, -0.1) is 0 Å². The fourth-order valence-corrected chi connectivity index (χ4v) is 4.10. The third kappa shape index (κ3) is 4.71. The van der Waals surface area contributed by atoms with Crippen molar-refractivity contribution in [3.05, 3.63) is 59.1 Å². The molecule has 9 nitrogen and oxygen atoms in total. The van der Waals surface area contributed by atoms with Crippen LogP contribution in [0.3, 0.4) is 0 Å². The highest BCUT2D eigenvalue weighted by atomic mass is 16.7. The molecule has 4 rings (SSSR count). The average molecular weight is 453 g/mol. The molecule has 1 fully saturated rings. The normalized spacial score (nSPS) is 17.6. The van der Waals surface area contributed by atoms with E-state index < -0.39 is 12.4 Å². The van der Waals surface area contributed by atoms with Gasteiger partial charge in [-0.2, -0.15) is 0 Å². The molecule has 0 aliphatic carbocycles. The van der Waals surface area contributed by atoms with Gasteiger partial charge in [-0.1, -0.05) is 18.2 Å². The van der Waals surface area contributed by atoms with Gasteiger partial charge in [0.15, 0.2) is 5.94 Å². The first-order chi connectivity index (χ1) is 16.0. The van der Waals surface area contributed by atoms with Crippen molar-refractivity contribution < 1.29 is 28.5 Å². The van der Waals surface area contributed by atoms with E-state index in [0.29, 0.717) is 37.0 Å². The topological polar surface area (TPSA) is 90.4 Å². The monoisotopic (exact) mass is 453 g/mol. The summed E-state index contributed by atoms with van der Waals surface area (Å²) < 4.78 is 22.0. The van der Waals surface area contributed by atoms with Crippen LogP contribution in [0, 0.1) is 0 Å². The summed E-state index contributed by atoms with van der Waals surface area (Å²) in [6.45, 7) is 3.25. The number of anilines is 1. The van der Waals surface area contributed by atoms with E-state index in [4.69, 9.17) is 23.9 Å². The van der Waals surface area contributed by atoms with Crippen molar-refractivity contribution in [3.63, 3.8) is 0 Å². The van der Waals surface area contributed by atoms with E-state index in [1.54, 1.807) is 17.0 Å². The van der Waals surface area contributed by atoms with Gasteiger partial charge in [-0.3, -0.25) is 4.90 Å². The Bertz CT molecular complexity index is 1050. The van der Waals surface area contributed by atoms with Gasteiger partial charge in [0.2, 0.25) is 6.29 Å². The lowest BCUT2D eigenvalue weighted by atomic mass is 10.0. The van der Waals surface area contributed by atoms with E-state index in [0.717, 1.165) is 24.0 Å². The Kier molecular flexibility index (Phi) is 6.93. The Balaban J connectivity index is 1.70. The summed E-state index contributed by atoms with van der Waals surface area (Å²) in [6.07, 6.45) is 0.296. The molecule has 1 saturated heterocycles. The van der Waals surface area contributed by atoms with Crippen molar-refractivity contribution in [2.45, 2.75) is 38.6 Å². The number of hydrogen-bond donors (Lipinski definition) is 0. The van der Waals surface area contributed by atoms with Crippen molar-refractivity contribution in [1.29, 1.82) is 0 Å². The molecular formula is C24H27N3O6. The second-order valence-electron chi connectivity index (χ2n) is 7.95. The van der Waals surface area contributed by atoms with Crippen LogP contribution >= 0.6 is 0 Å². The maximum atomic E-state index is 13.0. The number of carbonyl (C=O) groups is 1. The Hall–Kier alpha value is -3.39. The number of aryl methyl sites for hydroxylation is 1. The Morgan fingerprint density at radius 2 is 2.03 bits per heavy atom. The number of fused-ring (bicyclic) bond motifs is 1. The number of hydrogen-bond acceptors (Lipinski definition) is 8. The van der Waals surface area contributed by atoms with Gasteiger partial charge in [0.25, 0.3) is 5.88 Å². The highest BCUT2D eigenvalue weighted by Gasteiger charge is 2.32. The summed E-state index contributed by atoms with van der Waals surface area (Å²) in [5, 5.41) is 0. The van der Waals surface area contributed by atoms with Crippen LogP contribution < -0.4 is 9.64 Å². The molecule has 1 atom stereocenters. The summed E-state index contributed by atoms with van der Waals surface area (Å²) in [7, 11) is 3.05. The predicted octanol–water partition coefficient (Wildman–Crippen LogP) is 3.22. The quantitative estimate of drug-likeness (QED) is 0.487. The minimum atomic E-state index is -0.748. The van der Waals surface area contributed by atoms with Crippen LogP contribution in [0.4, 0.5) is 10.6 Å². The zero-order valence-corrected chi connectivity index (χ0v) is 18.9. The van der Waals surface area contributed by atoms with Gasteiger partial charge >= 0.3 is 6.09 Å². The Morgan fingerprint density at radius 1 is 1.27 bits per heavy atom. The minimum Gasteiger partial charge on any atom is -0.469 e. The molecule has 0 unspecified atom stereocenters. The molecule has 0 spiro atoms. The van der Waals surface area contributed by atoms with Crippen LogP contribution in [0.25, 0.3) is 0 Å². The molecule has 0 saturated carbocycles. The van der Waals surface area contributed by atoms with Gasteiger partial charge < -0.3 is 23.8 Å². The van der Waals surface area contributed by atoms with Crippen LogP contribution in [0.2, 0.25) is 0 Å². The first kappa shape index (κ1) is 22.8. The molecule has 0 bridgehead atoms. The fraction of sp³-hybridized carbons (Fsp3) is 0.417. The molecule has 1 aromatic carbocycles. The summed E-state index contributed by atoms with van der Waals surface area (Å²) in [4.78, 5) is 32.5. The zero-order chi connectivity index (χ0) is 23.4. The molecule has 174 valence electrons. The molecule has 2 aliphatic heterocycles. The summed E-state index contributed by atoms with van der Waals surface area (Å²) in [5.74, 6) is 3.03. The molecule has 1 aromatic heterocycles. The SMILES string of the molecule is COC(OC)c1nc2c(cc1CN1C(=C=O)OC[C@@H]1C)CCCN2C(=O)Oc1ccccc1. The summed E-state index contributed by atoms with van der Waals surface area (Å²) >= 11 is 0. The molecule has 2 aliphatic rings. The van der Waals surface area contributed by atoms with E-state index in [1.165, 1.54) is 14.2 Å². The zero-order valence-electron chi connectivity index (χ0n) is 18.9. The number of carbonyl (C=O) groups excluding carboxylic acids is 2. The number of rotatable bonds is 6. The minimum absolute atomic E-state index is 0.00576.